The average Bonchev–Trinajstić information content (AvgIpc) is 2.70. The number of carbonyl (C=O) groups excluding carboxylic acids is 2. The monoisotopic (exact) mass is 351 g/mol. The molecule has 0 spiro atoms. The first kappa shape index (κ1) is 18.7. The van der Waals surface area contributed by atoms with E-state index in [4.69, 9.17) is 19.5 Å². The van der Waals surface area contributed by atoms with Crippen LogP contribution in [0.5, 0.6) is 11.5 Å². The van der Waals surface area contributed by atoms with Crippen LogP contribution in [-0.2, 0) is 9.53 Å². The number of nitriles is 1. The van der Waals surface area contributed by atoms with Gasteiger partial charge < -0.3 is 14.2 Å². The van der Waals surface area contributed by atoms with E-state index in [0.29, 0.717) is 22.6 Å². The summed E-state index contributed by atoms with van der Waals surface area (Å²) in [5.74, 6) is -0.126. The topological polar surface area (TPSA) is 85.6 Å². The summed E-state index contributed by atoms with van der Waals surface area (Å²) in [7, 11) is 2.95. The number of ether oxygens (including phenoxy) is 3. The van der Waals surface area contributed by atoms with Gasteiger partial charge in [-0.15, -0.1) is 0 Å². The highest BCUT2D eigenvalue weighted by Crippen LogP contribution is 2.25. The molecule has 0 atom stereocenters. The molecule has 26 heavy (non-hydrogen) atoms. The molecule has 6 nitrogen and oxygen atoms in total. The second-order valence-corrected chi connectivity index (χ2v) is 5.16. The summed E-state index contributed by atoms with van der Waals surface area (Å²) in [5, 5.41) is 8.74. The zero-order valence-electron chi connectivity index (χ0n) is 14.4. The van der Waals surface area contributed by atoms with Crippen molar-refractivity contribution >= 4 is 17.8 Å². The number of ketones is 1. The lowest BCUT2D eigenvalue weighted by molar-refractivity contribution is -0.136. The number of esters is 1. The Morgan fingerprint density at radius 2 is 1.81 bits per heavy atom. The largest absolute Gasteiger partial charge is 0.497 e. The van der Waals surface area contributed by atoms with Gasteiger partial charge in [0.25, 0.3) is 0 Å². The Morgan fingerprint density at radius 3 is 2.42 bits per heavy atom. The van der Waals surface area contributed by atoms with Crippen LogP contribution in [0.15, 0.2) is 48.5 Å². The molecular weight excluding hydrogens is 334 g/mol. The number of benzene rings is 2. The number of Topliss-reactive ketones (excluding diaryl/α,β-unsaturated/α-hetero) is 1. The van der Waals surface area contributed by atoms with E-state index in [1.807, 2.05) is 6.07 Å². The Balaban J connectivity index is 1.95. The second kappa shape index (κ2) is 9.04. The molecule has 0 saturated heterocycles. The predicted molar refractivity (Wildman–Crippen MR) is 95.0 cm³/mol. The van der Waals surface area contributed by atoms with Gasteiger partial charge in [0, 0.05) is 12.1 Å². The van der Waals surface area contributed by atoms with E-state index in [-0.39, 0.29) is 5.78 Å². The second-order valence-electron chi connectivity index (χ2n) is 5.16. The van der Waals surface area contributed by atoms with Crippen LogP contribution in [0.1, 0.15) is 21.5 Å². The Bertz CT molecular complexity index is 863. The summed E-state index contributed by atoms with van der Waals surface area (Å²) in [4.78, 5) is 24.0. The van der Waals surface area contributed by atoms with Gasteiger partial charge in [-0.3, -0.25) is 4.79 Å². The van der Waals surface area contributed by atoms with E-state index in [2.05, 4.69) is 0 Å². The van der Waals surface area contributed by atoms with E-state index < -0.39 is 12.6 Å². The fraction of sp³-hybridized carbons (Fsp3) is 0.150. The molecule has 0 aliphatic rings. The molecule has 132 valence electrons. The minimum absolute atomic E-state index is 0.303. The average molecular weight is 351 g/mol. The fourth-order valence-electron chi connectivity index (χ4n) is 2.12. The number of nitrogens with zero attached hydrogens (tertiary/aromatic N) is 1. The normalized spacial score (nSPS) is 10.2. The van der Waals surface area contributed by atoms with E-state index in [1.54, 1.807) is 48.5 Å². The number of hydrogen-bond acceptors (Lipinski definition) is 6. The van der Waals surface area contributed by atoms with Gasteiger partial charge in [0.2, 0.25) is 5.78 Å². The number of methoxy groups -OCH3 is 2. The van der Waals surface area contributed by atoms with Gasteiger partial charge in [-0.25, -0.2) is 4.79 Å². The molecule has 0 aliphatic carbocycles. The summed E-state index contributed by atoms with van der Waals surface area (Å²) in [6.07, 6.45) is 2.77. The van der Waals surface area contributed by atoms with Crippen LogP contribution < -0.4 is 9.47 Å². The van der Waals surface area contributed by atoms with Crippen molar-refractivity contribution in [2.24, 2.45) is 0 Å². The molecule has 0 N–H and O–H groups in total. The lowest BCUT2D eigenvalue weighted by Gasteiger charge is -2.09. The Kier molecular flexibility index (Phi) is 6.52. The Morgan fingerprint density at radius 1 is 1.08 bits per heavy atom. The molecule has 0 unspecified atom stereocenters. The molecular formula is C20H17NO5. The number of rotatable bonds is 7. The molecule has 2 aromatic carbocycles. The van der Waals surface area contributed by atoms with Gasteiger partial charge in [0.1, 0.15) is 11.5 Å². The molecule has 0 aliphatic heterocycles. The maximum absolute atomic E-state index is 12.2. The molecule has 0 fully saturated rings. The highest BCUT2D eigenvalue weighted by Gasteiger charge is 2.14. The molecule has 2 rings (SSSR count). The summed E-state index contributed by atoms with van der Waals surface area (Å²) in [6, 6.07) is 13.5. The third kappa shape index (κ3) is 4.95. The standard InChI is InChI=1S/C20H17NO5/c1-24-16-8-9-17(19(11-16)25-2)18(22)13-26-20(23)10-7-14-3-5-15(12-21)6-4-14/h3-11H,13H2,1-2H3/b10-7+. The highest BCUT2D eigenvalue weighted by molar-refractivity contribution is 6.01. The van der Waals surface area contributed by atoms with Gasteiger partial charge in [0.15, 0.2) is 6.61 Å². The van der Waals surface area contributed by atoms with Crippen molar-refractivity contribution in [2.75, 3.05) is 20.8 Å². The molecule has 0 saturated carbocycles. The first-order chi connectivity index (χ1) is 12.6. The lowest BCUT2D eigenvalue weighted by Crippen LogP contribution is -2.13. The molecule has 0 radical (unpaired) electrons. The molecule has 0 heterocycles. The van der Waals surface area contributed by atoms with Crippen molar-refractivity contribution < 1.29 is 23.8 Å². The zero-order chi connectivity index (χ0) is 18.9. The minimum atomic E-state index is -0.643. The van der Waals surface area contributed by atoms with Crippen molar-refractivity contribution in [3.05, 3.63) is 65.2 Å². The van der Waals surface area contributed by atoms with Gasteiger partial charge >= 0.3 is 5.97 Å². The smallest absolute Gasteiger partial charge is 0.331 e. The van der Waals surface area contributed by atoms with Crippen LogP contribution in [0.3, 0.4) is 0 Å². The van der Waals surface area contributed by atoms with E-state index in [1.165, 1.54) is 20.3 Å². The maximum Gasteiger partial charge on any atom is 0.331 e. The van der Waals surface area contributed by atoms with Crippen LogP contribution in [0, 0.1) is 11.3 Å². The van der Waals surface area contributed by atoms with Crippen molar-refractivity contribution in [1.82, 2.24) is 0 Å². The summed E-state index contributed by atoms with van der Waals surface area (Å²) < 4.78 is 15.2. The van der Waals surface area contributed by atoms with Gasteiger partial charge in [-0.1, -0.05) is 12.1 Å². The van der Waals surface area contributed by atoms with Crippen molar-refractivity contribution in [1.29, 1.82) is 5.26 Å². The Hall–Kier alpha value is -3.59. The van der Waals surface area contributed by atoms with Crippen molar-refractivity contribution in [2.45, 2.75) is 0 Å². The minimum Gasteiger partial charge on any atom is -0.497 e. The molecule has 0 amide bonds. The van der Waals surface area contributed by atoms with Gasteiger partial charge in [-0.05, 0) is 35.9 Å². The molecule has 0 bridgehead atoms. The zero-order valence-corrected chi connectivity index (χ0v) is 14.4. The maximum atomic E-state index is 12.2. The summed E-state index contributed by atoms with van der Waals surface area (Å²) >= 11 is 0. The first-order valence-corrected chi connectivity index (χ1v) is 7.67. The number of carbonyl (C=O) groups is 2. The van der Waals surface area contributed by atoms with Gasteiger partial charge in [-0.2, -0.15) is 5.26 Å². The number of hydrogen-bond donors (Lipinski definition) is 0. The molecule has 6 heteroatoms. The third-order valence-electron chi connectivity index (χ3n) is 3.51. The molecule has 0 aromatic heterocycles. The fourth-order valence-corrected chi connectivity index (χ4v) is 2.12. The van der Waals surface area contributed by atoms with Crippen molar-refractivity contribution in [3.8, 4) is 17.6 Å². The SMILES string of the molecule is COc1ccc(C(=O)COC(=O)/C=C/c2ccc(C#N)cc2)c(OC)c1. The first-order valence-electron chi connectivity index (χ1n) is 7.67. The quantitative estimate of drug-likeness (QED) is 0.433. The van der Waals surface area contributed by atoms with Crippen LogP contribution >= 0.6 is 0 Å². The van der Waals surface area contributed by atoms with Crippen LogP contribution in [0.2, 0.25) is 0 Å². The third-order valence-corrected chi connectivity index (χ3v) is 3.51. The Labute approximate surface area is 151 Å². The summed E-state index contributed by atoms with van der Waals surface area (Å²) in [6.45, 7) is -0.404. The lowest BCUT2D eigenvalue weighted by atomic mass is 10.1. The van der Waals surface area contributed by atoms with Gasteiger partial charge in [0.05, 0.1) is 31.4 Å². The van der Waals surface area contributed by atoms with E-state index in [0.717, 1.165) is 5.56 Å². The van der Waals surface area contributed by atoms with Crippen LogP contribution in [0.4, 0.5) is 0 Å². The van der Waals surface area contributed by atoms with E-state index in [9.17, 15) is 9.59 Å². The van der Waals surface area contributed by atoms with Crippen LogP contribution in [-0.4, -0.2) is 32.6 Å². The highest BCUT2D eigenvalue weighted by atomic mass is 16.5. The van der Waals surface area contributed by atoms with Crippen LogP contribution in [0.25, 0.3) is 6.08 Å². The van der Waals surface area contributed by atoms with E-state index >= 15 is 0 Å². The predicted octanol–water partition coefficient (Wildman–Crippen LogP) is 3.01. The van der Waals surface area contributed by atoms with Crippen molar-refractivity contribution in [3.63, 3.8) is 0 Å². The summed E-state index contributed by atoms with van der Waals surface area (Å²) in [5.41, 5.74) is 1.57. The molecule has 2 aromatic rings.